The molecule has 1 amide bonds. The van der Waals surface area contributed by atoms with E-state index in [0.717, 1.165) is 13.0 Å². The molecule has 110 valence electrons. The minimum atomic E-state index is -0.0245. The number of nitrogens with two attached hydrogens (primary N) is 1. The molecule has 0 spiro atoms. The fourth-order valence-corrected chi connectivity index (χ4v) is 3.80. The standard InChI is InChI=1S/C16H18N2O2S/c1-10-12-6-8-21-15(12)5-7-18(10)16(19)13-9-11(17)3-4-14(13)20-2/h3-4,6,8-10H,5,7,17H2,1-2H3. The molecule has 1 aliphatic rings. The Hall–Kier alpha value is -2.01. The van der Waals surface area contributed by atoms with Crippen LogP contribution in [0.2, 0.25) is 0 Å². The first-order valence-electron chi connectivity index (χ1n) is 6.92. The fraction of sp³-hybridized carbons (Fsp3) is 0.312. The number of methoxy groups -OCH3 is 1. The molecule has 1 aromatic heterocycles. The maximum atomic E-state index is 12.9. The van der Waals surface area contributed by atoms with Gasteiger partial charge in [-0.25, -0.2) is 0 Å². The van der Waals surface area contributed by atoms with Crippen molar-refractivity contribution in [2.45, 2.75) is 19.4 Å². The molecule has 2 heterocycles. The number of carbonyl (C=O) groups is 1. The average molecular weight is 302 g/mol. The van der Waals surface area contributed by atoms with Gasteiger partial charge in [0.25, 0.3) is 5.91 Å². The Balaban J connectivity index is 1.95. The van der Waals surface area contributed by atoms with Crippen LogP contribution in [0.3, 0.4) is 0 Å². The maximum absolute atomic E-state index is 12.9. The van der Waals surface area contributed by atoms with Crippen LogP contribution in [0.25, 0.3) is 0 Å². The van der Waals surface area contributed by atoms with Gasteiger partial charge < -0.3 is 15.4 Å². The molecule has 1 aliphatic heterocycles. The zero-order valence-corrected chi connectivity index (χ0v) is 12.9. The van der Waals surface area contributed by atoms with Crippen LogP contribution in [0.5, 0.6) is 5.75 Å². The zero-order chi connectivity index (χ0) is 15.0. The lowest BCUT2D eigenvalue weighted by Gasteiger charge is -2.34. The summed E-state index contributed by atoms with van der Waals surface area (Å²) in [5, 5.41) is 2.09. The van der Waals surface area contributed by atoms with Gasteiger partial charge in [-0.15, -0.1) is 11.3 Å². The van der Waals surface area contributed by atoms with E-state index in [1.807, 2.05) is 4.90 Å². The summed E-state index contributed by atoms with van der Waals surface area (Å²) in [6, 6.07) is 7.37. The first-order valence-corrected chi connectivity index (χ1v) is 7.80. The van der Waals surface area contributed by atoms with E-state index in [1.165, 1.54) is 10.4 Å². The van der Waals surface area contributed by atoms with Gasteiger partial charge in [0, 0.05) is 17.1 Å². The number of hydrogen-bond donors (Lipinski definition) is 1. The molecule has 21 heavy (non-hydrogen) atoms. The molecule has 4 nitrogen and oxygen atoms in total. The number of nitrogens with zero attached hydrogens (tertiary/aromatic N) is 1. The molecule has 1 unspecified atom stereocenters. The van der Waals surface area contributed by atoms with Crippen LogP contribution in [0, 0.1) is 0 Å². The predicted octanol–water partition coefficient (Wildman–Crippen LogP) is 3.10. The lowest BCUT2D eigenvalue weighted by atomic mass is 10.00. The SMILES string of the molecule is COc1ccc(N)cc1C(=O)N1CCc2sccc2C1C. The van der Waals surface area contributed by atoms with Crippen LogP contribution in [-0.4, -0.2) is 24.5 Å². The Morgan fingerprint density at radius 2 is 2.24 bits per heavy atom. The second-order valence-corrected chi connectivity index (χ2v) is 6.18. The van der Waals surface area contributed by atoms with Crippen LogP contribution in [-0.2, 0) is 6.42 Å². The average Bonchev–Trinajstić information content (AvgIpc) is 2.96. The van der Waals surface area contributed by atoms with E-state index in [2.05, 4.69) is 18.4 Å². The number of amides is 1. The van der Waals surface area contributed by atoms with E-state index < -0.39 is 0 Å². The van der Waals surface area contributed by atoms with Gasteiger partial charge in [0.2, 0.25) is 0 Å². The van der Waals surface area contributed by atoms with Gasteiger partial charge in [-0.1, -0.05) is 0 Å². The van der Waals surface area contributed by atoms with Crippen LogP contribution >= 0.6 is 11.3 Å². The summed E-state index contributed by atoms with van der Waals surface area (Å²) >= 11 is 1.77. The smallest absolute Gasteiger partial charge is 0.258 e. The second kappa shape index (κ2) is 5.41. The van der Waals surface area contributed by atoms with E-state index in [-0.39, 0.29) is 11.9 Å². The number of thiophene rings is 1. The minimum absolute atomic E-state index is 0.0245. The number of rotatable bonds is 2. The summed E-state index contributed by atoms with van der Waals surface area (Å²) in [7, 11) is 1.57. The highest BCUT2D eigenvalue weighted by Gasteiger charge is 2.30. The highest BCUT2D eigenvalue weighted by atomic mass is 32.1. The van der Waals surface area contributed by atoms with Crippen molar-refractivity contribution < 1.29 is 9.53 Å². The van der Waals surface area contributed by atoms with Crippen molar-refractivity contribution in [2.75, 3.05) is 19.4 Å². The molecular weight excluding hydrogens is 284 g/mol. The Morgan fingerprint density at radius 3 is 3.00 bits per heavy atom. The summed E-state index contributed by atoms with van der Waals surface area (Å²) in [5.41, 5.74) is 8.17. The molecule has 0 radical (unpaired) electrons. The van der Waals surface area contributed by atoms with Crippen molar-refractivity contribution in [3.05, 3.63) is 45.6 Å². The molecule has 0 saturated heterocycles. The van der Waals surface area contributed by atoms with Crippen LogP contribution in [0.4, 0.5) is 5.69 Å². The van der Waals surface area contributed by atoms with Crippen molar-refractivity contribution >= 4 is 22.9 Å². The number of carbonyl (C=O) groups excluding carboxylic acids is 1. The lowest BCUT2D eigenvalue weighted by Crippen LogP contribution is -2.38. The summed E-state index contributed by atoms with van der Waals surface area (Å²) in [6.45, 7) is 2.80. The number of anilines is 1. The van der Waals surface area contributed by atoms with E-state index in [0.29, 0.717) is 17.0 Å². The highest BCUT2D eigenvalue weighted by molar-refractivity contribution is 7.10. The third-order valence-electron chi connectivity index (χ3n) is 3.99. The Kier molecular flexibility index (Phi) is 3.59. The quantitative estimate of drug-likeness (QED) is 0.867. The second-order valence-electron chi connectivity index (χ2n) is 5.18. The van der Waals surface area contributed by atoms with Crippen molar-refractivity contribution in [1.29, 1.82) is 0 Å². The summed E-state index contributed by atoms with van der Waals surface area (Å²) in [6.07, 6.45) is 0.910. The van der Waals surface area contributed by atoms with Gasteiger partial charge in [-0.05, 0) is 48.6 Å². The summed E-state index contributed by atoms with van der Waals surface area (Å²) < 4.78 is 5.30. The maximum Gasteiger partial charge on any atom is 0.258 e. The van der Waals surface area contributed by atoms with Gasteiger partial charge in [-0.2, -0.15) is 0 Å². The molecule has 3 rings (SSSR count). The Labute approximate surface area is 128 Å². The number of nitrogen functional groups attached to an aromatic ring is 1. The molecule has 0 aliphatic carbocycles. The molecule has 2 aromatic rings. The van der Waals surface area contributed by atoms with Crippen molar-refractivity contribution in [2.24, 2.45) is 0 Å². The largest absolute Gasteiger partial charge is 0.496 e. The number of hydrogen-bond acceptors (Lipinski definition) is 4. The number of ether oxygens (including phenoxy) is 1. The monoisotopic (exact) mass is 302 g/mol. The molecule has 1 atom stereocenters. The van der Waals surface area contributed by atoms with Crippen LogP contribution in [0.1, 0.15) is 33.8 Å². The Bertz CT molecular complexity index is 681. The number of benzene rings is 1. The molecule has 0 saturated carbocycles. The van der Waals surface area contributed by atoms with Gasteiger partial charge >= 0.3 is 0 Å². The van der Waals surface area contributed by atoms with Gasteiger partial charge in [0.05, 0.1) is 18.7 Å². The van der Waals surface area contributed by atoms with Crippen molar-refractivity contribution in [1.82, 2.24) is 4.90 Å². The highest BCUT2D eigenvalue weighted by Crippen LogP contribution is 2.35. The van der Waals surface area contributed by atoms with Crippen LogP contribution < -0.4 is 10.5 Å². The van der Waals surface area contributed by atoms with Gasteiger partial charge in [0.15, 0.2) is 0 Å². The third-order valence-corrected chi connectivity index (χ3v) is 4.99. The van der Waals surface area contributed by atoms with Crippen LogP contribution in [0.15, 0.2) is 29.6 Å². The lowest BCUT2D eigenvalue weighted by molar-refractivity contribution is 0.0676. The fourth-order valence-electron chi connectivity index (χ4n) is 2.83. The molecule has 1 aromatic carbocycles. The number of fused-ring (bicyclic) bond motifs is 1. The normalized spacial score (nSPS) is 17.4. The van der Waals surface area contributed by atoms with E-state index in [1.54, 1.807) is 36.6 Å². The first kappa shape index (κ1) is 13.9. The van der Waals surface area contributed by atoms with E-state index in [9.17, 15) is 4.79 Å². The first-order chi connectivity index (χ1) is 10.1. The van der Waals surface area contributed by atoms with Gasteiger partial charge in [-0.3, -0.25) is 4.79 Å². The summed E-state index contributed by atoms with van der Waals surface area (Å²) in [5.74, 6) is 0.543. The predicted molar refractivity (Wildman–Crippen MR) is 84.9 cm³/mol. The van der Waals surface area contributed by atoms with Gasteiger partial charge in [0.1, 0.15) is 5.75 Å². The summed E-state index contributed by atoms with van der Waals surface area (Å²) in [4.78, 5) is 16.1. The topological polar surface area (TPSA) is 55.6 Å². The van der Waals surface area contributed by atoms with Crippen molar-refractivity contribution in [3.63, 3.8) is 0 Å². The molecule has 2 N–H and O–H groups in total. The molecule has 0 bridgehead atoms. The third kappa shape index (κ3) is 2.38. The van der Waals surface area contributed by atoms with Crippen molar-refractivity contribution in [3.8, 4) is 5.75 Å². The molecular formula is C16H18N2O2S. The minimum Gasteiger partial charge on any atom is -0.496 e. The molecule has 0 fully saturated rings. The zero-order valence-electron chi connectivity index (χ0n) is 12.1. The Morgan fingerprint density at radius 1 is 1.43 bits per heavy atom. The molecule has 5 heteroatoms. The van der Waals surface area contributed by atoms with E-state index in [4.69, 9.17) is 10.5 Å². The van der Waals surface area contributed by atoms with E-state index >= 15 is 0 Å².